The number of hydrogen-bond donors (Lipinski definition) is 3. The summed E-state index contributed by atoms with van der Waals surface area (Å²) in [7, 11) is 0. The molecule has 0 bridgehead atoms. The number of hydrogen-bond acceptors (Lipinski definition) is 9. The molecule has 3 N–H and O–H groups in total. The van der Waals surface area contributed by atoms with Gasteiger partial charge in [-0.05, 0) is 24.1 Å². The highest BCUT2D eigenvalue weighted by molar-refractivity contribution is 9.10. The highest BCUT2D eigenvalue weighted by atomic mass is 79.9. The van der Waals surface area contributed by atoms with Gasteiger partial charge in [-0.15, -0.1) is 16.4 Å². The van der Waals surface area contributed by atoms with Crippen LogP contribution in [0, 0.1) is 16.0 Å². The molecular formula is C24H22BrN7O4S2. The Balaban J connectivity index is 1.34. The van der Waals surface area contributed by atoms with Crippen molar-refractivity contribution in [1.82, 2.24) is 25.5 Å². The average molecular weight is 617 g/mol. The topological polar surface area (TPSA) is 156 Å². The quantitative estimate of drug-likeness (QED) is 0.121. The van der Waals surface area contributed by atoms with E-state index < -0.39 is 16.9 Å². The molecule has 0 spiro atoms. The molecule has 0 radical (unpaired) electrons. The van der Waals surface area contributed by atoms with Crippen molar-refractivity contribution in [1.29, 1.82) is 0 Å². The summed E-state index contributed by atoms with van der Waals surface area (Å²) in [4.78, 5) is 44.6. The number of thiazole rings is 1. The van der Waals surface area contributed by atoms with Gasteiger partial charge in [0.25, 0.3) is 11.6 Å². The Morgan fingerprint density at radius 2 is 1.95 bits per heavy atom. The van der Waals surface area contributed by atoms with Crippen LogP contribution in [0.4, 0.5) is 10.8 Å². The molecule has 0 saturated carbocycles. The van der Waals surface area contributed by atoms with Crippen molar-refractivity contribution in [3.63, 3.8) is 0 Å². The van der Waals surface area contributed by atoms with Gasteiger partial charge in [-0.3, -0.25) is 24.8 Å². The van der Waals surface area contributed by atoms with Crippen LogP contribution in [0.5, 0.6) is 0 Å². The van der Waals surface area contributed by atoms with Gasteiger partial charge >= 0.3 is 0 Å². The lowest BCUT2D eigenvalue weighted by Gasteiger charge is -2.19. The second-order valence-corrected chi connectivity index (χ2v) is 11.1. The highest BCUT2D eigenvalue weighted by Crippen LogP contribution is 2.27. The summed E-state index contributed by atoms with van der Waals surface area (Å²) in [5.74, 6) is -0.297. The summed E-state index contributed by atoms with van der Waals surface area (Å²) < 4.78 is 0.974. The Morgan fingerprint density at radius 1 is 1.18 bits per heavy atom. The SMILES string of the molecule is CC(C)[C@H](NC(=O)c1cccc([N+](=O)[O-])c1)c1nc(SCC(=O)Nc2nc(-c3ccc(Br)cc3)cs2)n[nH]1. The number of aromatic nitrogens is 4. The minimum absolute atomic E-state index is 0.0587. The Bertz CT molecular complexity index is 1460. The number of carbonyl (C=O) groups is 2. The zero-order chi connectivity index (χ0) is 27.2. The van der Waals surface area contributed by atoms with Crippen molar-refractivity contribution in [3.8, 4) is 11.3 Å². The van der Waals surface area contributed by atoms with Gasteiger partial charge in [0.2, 0.25) is 11.1 Å². The molecule has 1 atom stereocenters. The van der Waals surface area contributed by atoms with Crippen LogP contribution in [0.3, 0.4) is 0 Å². The monoisotopic (exact) mass is 615 g/mol. The lowest BCUT2D eigenvalue weighted by molar-refractivity contribution is -0.384. The van der Waals surface area contributed by atoms with E-state index in [4.69, 9.17) is 0 Å². The first kappa shape index (κ1) is 27.4. The van der Waals surface area contributed by atoms with E-state index in [1.165, 1.54) is 35.6 Å². The number of benzene rings is 2. The molecule has 0 fully saturated rings. The van der Waals surface area contributed by atoms with E-state index in [1.54, 1.807) is 0 Å². The van der Waals surface area contributed by atoms with E-state index in [2.05, 4.69) is 46.7 Å². The number of nitro benzene ring substituents is 1. The van der Waals surface area contributed by atoms with Crippen molar-refractivity contribution in [3.05, 3.63) is 79.9 Å². The zero-order valence-corrected chi connectivity index (χ0v) is 23.4. The number of non-ortho nitro benzene ring substituents is 1. The smallest absolute Gasteiger partial charge is 0.270 e. The fourth-order valence-electron chi connectivity index (χ4n) is 3.37. The number of nitro groups is 1. The predicted octanol–water partition coefficient (Wildman–Crippen LogP) is 5.46. The minimum Gasteiger partial charge on any atom is -0.342 e. The van der Waals surface area contributed by atoms with Crippen molar-refractivity contribution < 1.29 is 14.5 Å². The first-order chi connectivity index (χ1) is 18.2. The first-order valence-corrected chi connectivity index (χ1v) is 14.0. The largest absolute Gasteiger partial charge is 0.342 e. The third-order valence-electron chi connectivity index (χ3n) is 5.27. The maximum atomic E-state index is 12.7. The van der Waals surface area contributed by atoms with E-state index >= 15 is 0 Å². The van der Waals surface area contributed by atoms with Crippen LogP contribution in [0.2, 0.25) is 0 Å². The lowest BCUT2D eigenvalue weighted by atomic mass is 10.0. The molecule has 2 aromatic heterocycles. The van der Waals surface area contributed by atoms with Crippen LogP contribution in [0.1, 0.15) is 36.1 Å². The molecule has 38 heavy (non-hydrogen) atoms. The molecule has 0 aliphatic rings. The van der Waals surface area contributed by atoms with Crippen LogP contribution >= 0.6 is 39.0 Å². The van der Waals surface area contributed by atoms with Crippen molar-refractivity contribution in [2.75, 3.05) is 11.1 Å². The van der Waals surface area contributed by atoms with Crippen molar-refractivity contribution in [2.45, 2.75) is 25.0 Å². The fourth-order valence-corrected chi connectivity index (χ4v) is 4.97. The zero-order valence-electron chi connectivity index (χ0n) is 20.2. The first-order valence-electron chi connectivity index (χ1n) is 11.3. The molecule has 0 unspecified atom stereocenters. The van der Waals surface area contributed by atoms with E-state index in [1.807, 2.05) is 43.5 Å². The minimum atomic E-state index is -0.553. The summed E-state index contributed by atoms with van der Waals surface area (Å²) in [6.45, 7) is 3.80. The molecule has 2 amide bonds. The third kappa shape index (κ3) is 7.02. The maximum Gasteiger partial charge on any atom is 0.270 e. The third-order valence-corrected chi connectivity index (χ3v) is 7.41. The van der Waals surface area contributed by atoms with Crippen LogP contribution in [-0.4, -0.2) is 42.7 Å². The Morgan fingerprint density at radius 3 is 2.66 bits per heavy atom. The summed E-state index contributed by atoms with van der Waals surface area (Å²) in [5.41, 5.74) is 1.72. The number of anilines is 1. The van der Waals surface area contributed by atoms with Crippen LogP contribution < -0.4 is 10.6 Å². The highest BCUT2D eigenvalue weighted by Gasteiger charge is 2.24. The number of carbonyl (C=O) groups excluding carboxylic acids is 2. The second-order valence-electron chi connectivity index (χ2n) is 8.39. The standard InChI is InChI=1S/C24H22BrN7O4S2/c1-13(2)20(28-22(34)15-4-3-5-17(10-15)32(35)36)21-29-24(31-30-21)38-12-19(33)27-23-26-18(11-37-23)14-6-8-16(25)9-7-14/h3-11,13,20H,12H2,1-2H3,(H,28,34)(H,26,27,33)(H,29,30,31)/t20-/m0/s1. The molecule has 2 aromatic carbocycles. The number of thioether (sulfide) groups is 1. The maximum absolute atomic E-state index is 12.7. The molecule has 0 aliphatic carbocycles. The molecule has 196 valence electrons. The van der Waals surface area contributed by atoms with E-state index in [9.17, 15) is 19.7 Å². The van der Waals surface area contributed by atoms with E-state index in [-0.39, 0.29) is 28.8 Å². The van der Waals surface area contributed by atoms with Gasteiger partial charge < -0.3 is 10.6 Å². The van der Waals surface area contributed by atoms with Gasteiger partial charge in [0.15, 0.2) is 5.13 Å². The summed E-state index contributed by atoms with van der Waals surface area (Å²) in [6, 6.07) is 12.7. The van der Waals surface area contributed by atoms with Crippen LogP contribution in [0.25, 0.3) is 11.3 Å². The number of nitrogens with one attached hydrogen (secondary N) is 3. The molecule has 14 heteroatoms. The Labute approximate surface area is 234 Å². The molecule has 4 aromatic rings. The van der Waals surface area contributed by atoms with Gasteiger partial charge in [-0.25, -0.2) is 9.97 Å². The van der Waals surface area contributed by atoms with Gasteiger partial charge in [-0.1, -0.05) is 59.7 Å². The van der Waals surface area contributed by atoms with Gasteiger partial charge in [0.1, 0.15) is 5.82 Å². The van der Waals surface area contributed by atoms with Gasteiger partial charge in [-0.2, -0.15) is 0 Å². The molecule has 11 nitrogen and oxygen atoms in total. The Kier molecular flexibility index (Phi) is 8.86. The normalized spacial score (nSPS) is 11.8. The molecule has 4 rings (SSSR count). The van der Waals surface area contributed by atoms with Crippen molar-refractivity contribution in [2.24, 2.45) is 5.92 Å². The van der Waals surface area contributed by atoms with Gasteiger partial charge in [0.05, 0.1) is 22.4 Å². The average Bonchev–Trinajstić information content (AvgIpc) is 3.56. The lowest BCUT2D eigenvalue weighted by Crippen LogP contribution is -2.32. The van der Waals surface area contributed by atoms with Crippen LogP contribution in [0.15, 0.2) is 63.5 Å². The fraction of sp³-hybridized carbons (Fsp3) is 0.208. The number of H-pyrrole nitrogens is 1. The summed E-state index contributed by atoms with van der Waals surface area (Å²) >= 11 is 5.89. The number of amides is 2. The molecule has 2 heterocycles. The second kappa shape index (κ2) is 12.3. The number of nitrogens with zero attached hydrogens (tertiary/aromatic N) is 4. The number of aromatic amines is 1. The Hall–Kier alpha value is -3.62. The summed E-state index contributed by atoms with van der Waals surface area (Å²) in [6.07, 6.45) is 0. The summed E-state index contributed by atoms with van der Waals surface area (Å²) in [5, 5.41) is 26.4. The number of rotatable bonds is 10. The van der Waals surface area contributed by atoms with E-state index in [0.29, 0.717) is 16.1 Å². The van der Waals surface area contributed by atoms with Crippen LogP contribution in [-0.2, 0) is 4.79 Å². The van der Waals surface area contributed by atoms with Crippen molar-refractivity contribution >= 4 is 61.7 Å². The molecule has 0 saturated heterocycles. The predicted molar refractivity (Wildman–Crippen MR) is 149 cm³/mol. The van der Waals surface area contributed by atoms with E-state index in [0.717, 1.165) is 27.5 Å². The molecule has 0 aliphatic heterocycles. The van der Waals surface area contributed by atoms with Gasteiger partial charge in [0, 0.05) is 33.1 Å². The number of halogens is 1. The molecular weight excluding hydrogens is 594 g/mol.